The average molecular weight is 258 g/mol. The highest BCUT2D eigenvalue weighted by Gasteiger charge is 2.09. The maximum atomic E-state index is 5.65. The summed E-state index contributed by atoms with van der Waals surface area (Å²) in [5.41, 5.74) is 4.75. The maximum absolute atomic E-state index is 5.65. The van der Waals surface area contributed by atoms with Gasteiger partial charge in [0.15, 0.2) is 0 Å². The minimum Gasteiger partial charge on any atom is -0.477 e. The molecule has 0 saturated heterocycles. The highest BCUT2D eigenvalue weighted by atomic mass is 16.5. The number of aryl methyl sites for hydroxylation is 2. The van der Waals surface area contributed by atoms with Crippen LogP contribution in [0.3, 0.4) is 0 Å². The van der Waals surface area contributed by atoms with Crippen LogP contribution < -0.4 is 4.74 Å². The Morgan fingerprint density at radius 3 is 2.58 bits per heavy atom. The summed E-state index contributed by atoms with van der Waals surface area (Å²) >= 11 is 0. The molecule has 2 aromatic rings. The van der Waals surface area contributed by atoms with Crippen LogP contribution in [0.15, 0.2) is 24.3 Å². The van der Waals surface area contributed by atoms with E-state index in [1.807, 2.05) is 6.07 Å². The van der Waals surface area contributed by atoms with Crippen LogP contribution in [0.4, 0.5) is 0 Å². The first-order valence-electron chi connectivity index (χ1n) is 6.97. The van der Waals surface area contributed by atoms with Crippen molar-refractivity contribution < 1.29 is 4.74 Å². The molecule has 1 aromatic carbocycles. The van der Waals surface area contributed by atoms with E-state index in [2.05, 4.69) is 49.2 Å². The van der Waals surface area contributed by atoms with Gasteiger partial charge in [-0.25, -0.2) is 0 Å². The molecule has 0 bridgehead atoms. The van der Waals surface area contributed by atoms with E-state index in [-0.39, 0.29) is 0 Å². The number of ether oxygens (including phenoxy) is 1. The zero-order chi connectivity index (χ0) is 13.7. The van der Waals surface area contributed by atoms with Gasteiger partial charge in [0, 0.05) is 11.6 Å². The zero-order valence-corrected chi connectivity index (χ0v) is 12.0. The van der Waals surface area contributed by atoms with E-state index in [0.717, 1.165) is 18.7 Å². The van der Waals surface area contributed by atoms with Crippen LogP contribution >= 0.6 is 0 Å². The molecule has 0 atom stereocenters. The first kappa shape index (κ1) is 13.7. The molecular weight excluding hydrogens is 236 g/mol. The molecule has 1 heterocycles. The summed E-state index contributed by atoms with van der Waals surface area (Å²) in [6.45, 7) is 7.16. The maximum Gasteiger partial charge on any atom is 0.233 e. The molecule has 0 unspecified atom stereocenters. The van der Waals surface area contributed by atoms with Gasteiger partial charge in [-0.1, -0.05) is 38.0 Å². The van der Waals surface area contributed by atoms with E-state index < -0.39 is 0 Å². The molecular formula is C16H22N2O. The Balaban J connectivity index is 2.08. The molecule has 0 aliphatic rings. The normalized spacial score (nSPS) is 10.7. The van der Waals surface area contributed by atoms with Crippen molar-refractivity contribution in [2.45, 2.75) is 40.0 Å². The van der Waals surface area contributed by atoms with Crippen LogP contribution in [-0.4, -0.2) is 16.8 Å². The average Bonchev–Trinajstić information content (AvgIpc) is 2.83. The Bertz CT molecular complexity index is 511. The van der Waals surface area contributed by atoms with E-state index >= 15 is 0 Å². The molecule has 0 amide bonds. The third-order valence-electron chi connectivity index (χ3n) is 3.30. The molecule has 19 heavy (non-hydrogen) atoms. The Hall–Kier alpha value is -1.77. The summed E-state index contributed by atoms with van der Waals surface area (Å²) in [6.07, 6.45) is 3.49. The molecule has 3 nitrogen and oxygen atoms in total. The Labute approximate surface area is 115 Å². The third-order valence-corrected chi connectivity index (χ3v) is 3.30. The van der Waals surface area contributed by atoms with Gasteiger partial charge in [-0.15, -0.1) is 5.10 Å². The molecule has 3 heteroatoms. The van der Waals surface area contributed by atoms with Crippen LogP contribution in [0.1, 0.15) is 37.3 Å². The summed E-state index contributed by atoms with van der Waals surface area (Å²) in [4.78, 5) is 0. The van der Waals surface area contributed by atoms with Crippen molar-refractivity contribution in [3.63, 3.8) is 0 Å². The highest BCUT2D eigenvalue weighted by Crippen LogP contribution is 2.27. The molecule has 0 aliphatic heterocycles. The summed E-state index contributed by atoms with van der Waals surface area (Å²) in [6, 6.07) is 8.30. The largest absolute Gasteiger partial charge is 0.477 e. The lowest BCUT2D eigenvalue weighted by molar-refractivity contribution is 0.294. The predicted octanol–water partition coefficient (Wildman–Crippen LogP) is 4.26. The molecule has 0 aliphatic carbocycles. The second-order valence-electron chi connectivity index (χ2n) is 4.94. The first-order chi connectivity index (χ1) is 9.22. The van der Waals surface area contributed by atoms with Gasteiger partial charge in [0.25, 0.3) is 0 Å². The Morgan fingerprint density at radius 2 is 1.89 bits per heavy atom. The molecule has 102 valence electrons. The van der Waals surface area contributed by atoms with E-state index in [1.165, 1.54) is 29.5 Å². The lowest BCUT2D eigenvalue weighted by Gasteiger charge is -2.06. The summed E-state index contributed by atoms with van der Waals surface area (Å²) in [7, 11) is 0. The van der Waals surface area contributed by atoms with Crippen molar-refractivity contribution in [2.75, 3.05) is 6.61 Å². The molecule has 0 radical (unpaired) electrons. The minimum absolute atomic E-state index is 0.689. The number of aromatic nitrogens is 2. The number of unbranched alkanes of at least 4 members (excludes halogenated alkanes) is 2. The fraction of sp³-hybridized carbons (Fsp3) is 0.438. The number of hydrogen-bond acceptors (Lipinski definition) is 2. The van der Waals surface area contributed by atoms with E-state index in [1.54, 1.807) is 0 Å². The number of aromatic amines is 1. The molecule has 0 fully saturated rings. The third kappa shape index (κ3) is 3.37. The van der Waals surface area contributed by atoms with E-state index in [4.69, 9.17) is 4.74 Å². The van der Waals surface area contributed by atoms with Crippen LogP contribution in [0.25, 0.3) is 11.3 Å². The number of H-pyrrole nitrogens is 1. The SMILES string of the molecule is CCCCCOc1cc(-c2c(C)cccc2C)[nH]n1. The summed E-state index contributed by atoms with van der Waals surface area (Å²) in [5, 5.41) is 7.29. The van der Waals surface area contributed by atoms with Gasteiger partial charge < -0.3 is 4.74 Å². The number of nitrogens with one attached hydrogen (secondary N) is 1. The van der Waals surface area contributed by atoms with Crippen molar-refractivity contribution >= 4 is 0 Å². The predicted molar refractivity (Wildman–Crippen MR) is 78.5 cm³/mol. The smallest absolute Gasteiger partial charge is 0.233 e. The van der Waals surface area contributed by atoms with Crippen molar-refractivity contribution in [2.24, 2.45) is 0 Å². The second-order valence-corrected chi connectivity index (χ2v) is 4.94. The minimum atomic E-state index is 0.689. The van der Waals surface area contributed by atoms with E-state index in [0.29, 0.717) is 5.88 Å². The van der Waals surface area contributed by atoms with Crippen molar-refractivity contribution in [1.29, 1.82) is 0 Å². The fourth-order valence-corrected chi connectivity index (χ4v) is 2.27. The second kappa shape index (κ2) is 6.41. The number of rotatable bonds is 6. The first-order valence-corrected chi connectivity index (χ1v) is 6.97. The van der Waals surface area contributed by atoms with E-state index in [9.17, 15) is 0 Å². The standard InChI is InChI=1S/C16H22N2O/c1-4-5-6-10-19-15-11-14(17-18-15)16-12(2)8-7-9-13(16)3/h7-9,11H,4-6,10H2,1-3H3,(H,17,18). The fourth-order valence-electron chi connectivity index (χ4n) is 2.27. The van der Waals surface area contributed by atoms with Gasteiger partial charge in [-0.05, 0) is 31.4 Å². The van der Waals surface area contributed by atoms with Gasteiger partial charge in [0.05, 0.1) is 12.3 Å². The van der Waals surface area contributed by atoms with Gasteiger partial charge in [0.1, 0.15) is 0 Å². The van der Waals surface area contributed by atoms with Gasteiger partial charge in [0.2, 0.25) is 5.88 Å². The van der Waals surface area contributed by atoms with Crippen LogP contribution in [-0.2, 0) is 0 Å². The quantitative estimate of drug-likeness (QED) is 0.786. The topological polar surface area (TPSA) is 37.9 Å². The van der Waals surface area contributed by atoms with Crippen molar-refractivity contribution in [1.82, 2.24) is 10.2 Å². The highest BCUT2D eigenvalue weighted by molar-refractivity contribution is 5.67. The molecule has 0 spiro atoms. The van der Waals surface area contributed by atoms with Crippen LogP contribution in [0.5, 0.6) is 5.88 Å². The lowest BCUT2D eigenvalue weighted by atomic mass is 10.0. The Kier molecular flexibility index (Phi) is 4.61. The summed E-state index contributed by atoms with van der Waals surface area (Å²) < 4.78 is 5.65. The molecule has 2 rings (SSSR count). The van der Waals surface area contributed by atoms with Gasteiger partial charge >= 0.3 is 0 Å². The van der Waals surface area contributed by atoms with Gasteiger partial charge in [-0.2, -0.15) is 0 Å². The Morgan fingerprint density at radius 1 is 1.16 bits per heavy atom. The molecule has 1 N–H and O–H groups in total. The van der Waals surface area contributed by atoms with Crippen molar-refractivity contribution in [3.8, 4) is 17.1 Å². The lowest BCUT2D eigenvalue weighted by Crippen LogP contribution is -1.96. The number of hydrogen-bond donors (Lipinski definition) is 1. The summed E-state index contributed by atoms with van der Waals surface area (Å²) in [5.74, 6) is 0.689. The zero-order valence-electron chi connectivity index (χ0n) is 12.0. The van der Waals surface area contributed by atoms with Crippen LogP contribution in [0.2, 0.25) is 0 Å². The monoisotopic (exact) mass is 258 g/mol. The van der Waals surface area contributed by atoms with Crippen LogP contribution in [0, 0.1) is 13.8 Å². The molecule has 0 saturated carbocycles. The van der Waals surface area contributed by atoms with Gasteiger partial charge in [-0.3, -0.25) is 5.10 Å². The number of benzene rings is 1. The van der Waals surface area contributed by atoms with Crippen molar-refractivity contribution in [3.05, 3.63) is 35.4 Å². The number of nitrogens with zero attached hydrogens (tertiary/aromatic N) is 1. The molecule has 1 aromatic heterocycles.